The molecule has 0 amide bonds. The summed E-state index contributed by atoms with van der Waals surface area (Å²) < 4.78 is 0. The first-order valence-corrected chi connectivity index (χ1v) is 11.8. The molecule has 1 atom stereocenters. The number of hydrogen-bond donors (Lipinski definition) is 2. The summed E-state index contributed by atoms with van der Waals surface area (Å²) in [6.07, 6.45) is 3.30. The van der Waals surface area contributed by atoms with Gasteiger partial charge in [-0.1, -0.05) is 18.2 Å². The molecule has 0 aliphatic carbocycles. The second-order valence-electron chi connectivity index (χ2n) is 9.23. The third-order valence-corrected chi connectivity index (χ3v) is 7.31. The van der Waals surface area contributed by atoms with Gasteiger partial charge in [0.05, 0.1) is 17.3 Å². The fraction of sp³-hybridized carbons (Fsp3) is 0.423. The molecule has 2 saturated heterocycles. The maximum Gasteiger partial charge on any atom is 0.158 e. The fourth-order valence-electron chi connectivity index (χ4n) is 5.11. The Morgan fingerprint density at radius 2 is 1.85 bits per heavy atom. The molecule has 0 unspecified atom stereocenters. The number of nitrogens with one attached hydrogen (secondary N) is 1. The Bertz CT molecular complexity index is 1200. The van der Waals surface area contributed by atoms with Gasteiger partial charge >= 0.3 is 0 Å². The van der Waals surface area contributed by atoms with Gasteiger partial charge in [-0.15, -0.1) is 5.10 Å². The highest BCUT2D eigenvalue weighted by atomic mass is 15.2. The minimum absolute atomic E-state index is 0.491. The Hall–Kier alpha value is -3.21. The highest BCUT2D eigenvalue weighted by molar-refractivity contribution is 5.95. The minimum Gasteiger partial charge on any atom is -0.371 e. The fourth-order valence-corrected chi connectivity index (χ4v) is 5.11. The zero-order valence-electron chi connectivity index (χ0n) is 19.4. The number of piperidine rings is 1. The van der Waals surface area contributed by atoms with E-state index < -0.39 is 6.17 Å². The number of nitrogens with zero attached hydrogens (tertiary/aromatic N) is 5. The third kappa shape index (κ3) is 4.12. The van der Waals surface area contributed by atoms with Gasteiger partial charge in [0, 0.05) is 35.6 Å². The molecule has 3 aromatic rings. The molecular formula is C26H31N7. The van der Waals surface area contributed by atoms with Crippen molar-refractivity contribution in [2.24, 2.45) is 5.73 Å². The normalized spacial score (nSPS) is 18.1. The predicted octanol–water partition coefficient (Wildman–Crippen LogP) is 3.86. The van der Waals surface area contributed by atoms with E-state index in [0.717, 1.165) is 46.7 Å². The number of rotatable bonds is 5. The van der Waals surface area contributed by atoms with Gasteiger partial charge in [0.1, 0.15) is 6.17 Å². The van der Waals surface area contributed by atoms with Crippen molar-refractivity contribution in [1.29, 1.82) is 5.26 Å². The van der Waals surface area contributed by atoms with Gasteiger partial charge in [-0.2, -0.15) is 10.4 Å². The monoisotopic (exact) mass is 441 g/mol. The Labute approximate surface area is 195 Å². The van der Waals surface area contributed by atoms with Crippen LogP contribution in [-0.2, 0) is 0 Å². The average molecular weight is 442 g/mol. The molecule has 7 heteroatoms. The van der Waals surface area contributed by atoms with Crippen molar-refractivity contribution in [2.75, 3.05) is 36.4 Å². The first kappa shape index (κ1) is 21.6. The second kappa shape index (κ2) is 8.97. The first-order valence-electron chi connectivity index (χ1n) is 11.8. The molecule has 3 N–H and O–H groups in total. The summed E-state index contributed by atoms with van der Waals surface area (Å²) in [5, 5.41) is 23.6. The highest BCUT2D eigenvalue weighted by Gasteiger charge is 2.28. The largest absolute Gasteiger partial charge is 0.371 e. The van der Waals surface area contributed by atoms with Gasteiger partial charge in [-0.25, -0.2) is 0 Å². The first-order chi connectivity index (χ1) is 16.0. The molecule has 170 valence electrons. The molecular weight excluding hydrogens is 410 g/mol. The van der Waals surface area contributed by atoms with E-state index in [0.29, 0.717) is 11.4 Å². The van der Waals surface area contributed by atoms with E-state index >= 15 is 0 Å². The van der Waals surface area contributed by atoms with Crippen molar-refractivity contribution in [3.8, 4) is 6.07 Å². The average Bonchev–Trinajstić information content (AvgIpc) is 2.80. The molecule has 0 bridgehead atoms. The van der Waals surface area contributed by atoms with Gasteiger partial charge in [-0.3, -0.25) is 0 Å². The Morgan fingerprint density at radius 3 is 2.55 bits per heavy atom. The quantitative estimate of drug-likeness (QED) is 0.581. The summed E-state index contributed by atoms with van der Waals surface area (Å²) in [6.45, 7) is 8.60. The number of aromatic nitrogens is 2. The second-order valence-corrected chi connectivity index (χ2v) is 9.23. The van der Waals surface area contributed by atoms with Crippen molar-refractivity contribution in [1.82, 2.24) is 15.1 Å². The molecule has 0 saturated carbocycles. The standard InChI is InChI=1S/C26H31N7/c1-17-19(16-27)5-3-6-22(17)25(28)29-26-24-15-21(7-8-23(24)18(2)30-31-26)33-13-9-20(10-14-33)32-11-4-12-32/h3,5-8,15,20,25H,4,9-14,28H2,1-2H3,(H,29,31)/t25-/m0/s1. The maximum absolute atomic E-state index is 9.36. The molecule has 5 rings (SSSR count). The highest BCUT2D eigenvalue weighted by Crippen LogP contribution is 2.32. The van der Waals surface area contributed by atoms with Crippen LogP contribution < -0.4 is 16.0 Å². The number of fused-ring (bicyclic) bond motifs is 1. The lowest BCUT2D eigenvalue weighted by Gasteiger charge is -2.43. The number of likely N-dealkylation sites (tertiary alicyclic amines) is 1. The Morgan fingerprint density at radius 1 is 1.06 bits per heavy atom. The molecule has 2 aliphatic heterocycles. The number of benzene rings is 2. The summed E-state index contributed by atoms with van der Waals surface area (Å²) in [4.78, 5) is 5.11. The summed E-state index contributed by atoms with van der Waals surface area (Å²) >= 11 is 0. The zero-order valence-corrected chi connectivity index (χ0v) is 19.4. The molecule has 33 heavy (non-hydrogen) atoms. The van der Waals surface area contributed by atoms with Crippen molar-refractivity contribution >= 4 is 22.3 Å². The van der Waals surface area contributed by atoms with E-state index in [-0.39, 0.29) is 0 Å². The van der Waals surface area contributed by atoms with Crippen molar-refractivity contribution < 1.29 is 0 Å². The number of nitrogens with two attached hydrogens (primary N) is 1. The van der Waals surface area contributed by atoms with Crippen LogP contribution in [0.2, 0.25) is 0 Å². The molecule has 2 aliphatic rings. The molecule has 3 heterocycles. The van der Waals surface area contributed by atoms with E-state index in [1.807, 2.05) is 32.0 Å². The van der Waals surface area contributed by atoms with Crippen molar-refractivity contribution in [2.45, 2.75) is 45.3 Å². The molecule has 2 aromatic carbocycles. The maximum atomic E-state index is 9.36. The van der Waals surface area contributed by atoms with Gasteiger partial charge < -0.3 is 20.9 Å². The third-order valence-electron chi connectivity index (χ3n) is 7.31. The molecule has 0 spiro atoms. The van der Waals surface area contributed by atoms with E-state index in [9.17, 15) is 5.26 Å². The molecule has 1 aromatic heterocycles. The van der Waals surface area contributed by atoms with Gasteiger partial charge in [0.15, 0.2) is 5.82 Å². The van der Waals surface area contributed by atoms with Crippen LogP contribution in [0.3, 0.4) is 0 Å². The lowest BCUT2D eigenvalue weighted by Crippen LogP contribution is -2.50. The van der Waals surface area contributed by atoms with E-state index in [1.165, 1.54) is 38.0 Å². The summed E-state index contributed by atoms with van der Waals surface area (Å²) in [5.74, 6) is 0.669. The van der Waals surface area contributed by atoms with E-state index in [4.69, 9.17) is 5.73 Å². The topological polar surface area (TPSA) is 94.1 Å². The van der Waals surface area contributed by atoms with E-state index in [2.05, 4.69) is 49.6 Å². The number of hydrogen-bond acceptors (Lipinski definition) is 7. The lowest BCUT2D eigenvalue weighted by atomic mass is 9.99. The SMILES string of the molecule is Cc1c(C#N)cccc1[C@@H](N)Nc1nnc(C)c2ccc(N3CCC(N4CCC4)CC3)cc12. The Kier molecular flexibility index (Phi) is 5.88. The van der Waals surface area contributed by atoms with Crippen LogP contribution in [0.15, 0.2) is 36.4 Å². The molecule has 0 radical (unpaired) electrons. The van der Waals surface area contributed by atoms with Crippen LogP contribution in [0.5, 0.6) is 0 Å². The van der Waals surface area contributed by atoms with Gasteiger partial charge in [0.25, 0.3) is 0 Å². The summed E-state index contributed by atoms with van der Waals surface area (Å²) in [6, 6.07) is 15.2. The van der Waals surface area contributed by atoms with Crippen molar-refractivity contribution in [3.05, 3.63) is 58.8 Å². The van der Waals surface area contributed by atoms with Crippen LogP contribution in [0.25, 0.3) is 10.8 Å². The smallest absolute Gasteiger partial charge is 0.158 e. The van der Waals surface area contributed by atoms with Crippen LogP contribution in [0, 0.1) is 25.2 Å². The zero-order chi connectivity index (χ0) is 22.9. The van der Waals surface area contributed by atoms with Crippen LogP contribution in [-0.4, -0.2) is 47.3 Å². The van der Waals surface area contributed by atoms with Crippen LogP contribution in [0.4, 0.5) is 11.5 Å². The Balaban J connectivity index is 1.41. The van der Waals surface area contributed by atoms with Gasteiger partial charge in [0.2, 0.25) is 0 Å². The van der Waals surface area contributed by atoms with Gasteiger partial charge in [-0.05, 0) is 75.5 Å². The minimum atomic E-state index is -0.491. The molecule has 2 fully saturated rings. The summed E-state index contributed by atoms with van der Waals surface area (Å²) in [5.41, 5.74) is 11.0. The number of aryl methyl sites for hydroxylation is 1. The predicted molar refractivity (Wildman–Crippen MR) is 132 cm³/mol. The van der Waals surface area contributed by atoms with E-state index in [1.54, 1.807) is 0 Å². The van der Waals surface area contributed by atoms with Crippen LogP contribution >= 0.6 is 0 Å². The summed E-state index contributed by atoms with van der Waals surface area (Å²) in [7, 11) is 0. The number of anilines is 2. The molecule has 7 nitrogen and oxygen atoms in total. The number of nitriles is 1. The van der Waals surface area contributed by atoms with Crippen molar-refractivity contribution in [3.63, 3.8) is 0 Å². The lowest BCUT2D eigenvalue weighted by molar-refractivity contribution is 0.100. The van der Waals surface area contributed by atoms with Crippen LogP contribution in [0.1, 0.15) is 47.8 Å².